The van der Waals surface area contributed by atoms with Crippen LogP contribution in [0.25, 0.3) is 0 Å². The first-order valence-corrected chi connectivity index (χ1v) is 5.93. The maximum Gasteiger partial charge on any atom is 0.255 e. The first-order valence-electron chi connectivity index (χ1n) is 5.05. The highest BCUT2D eigenvalue weighted by molar-refractivity contribution is 14.1. The van der Waals surface area contributed by atoms with Crippen molar-refractivity contribution in [2.24, 2.45) is 0 Å². The molecule has 1 aromatic rings. The molecule has 0 aliphatic heterocycles. The van der Waals surface area contributed by atoms with Crippen molar-refractivity contribution < 1.29 is 7.86 Å². The van der Waals surface area contributed by atoms with E-state index in [1.165, 1.54) is 0 Å². The molecule has 0 aliphatic carbocycles. The molecule has 0 aliphatic rings. The highest BCUT2D eigenvalue weighted by atomic mass is 127. The molecule has 3 nitrogen and oxygen atoms in total. The van der Waals surface area contributed by atoms with E-state index in [9.17, 15) is 4.79 Å². The lowest BCUT2D eigenvalue weighted by Crippen LogP contribution is -2.40. The number of rotatable bonds is 2. The van der Waals surface area contributed by atoms with Crippen LogP contribution in [0.3, 0.4) is 0 Å². The Morgan fingerprint density at radius 2 is 2.00 bits per heavy atom. The van der Waals surface area contributed by atoms with Gasteiger partial charge in [0.2, 0.25) is 0 Å². The molecule has 0 unspecified atom stereocenters. The van der Waals surface area contributed by atoms with Crippen LogP contribution in [0.4, 0.5) is 0 Å². The number of hydrogen-bond acceptors (Lipinski definition) is 2. The molecule has 0 saturated heterocycles. The fourth-order valence-corrected chi connectivity index (χ4v) is 1.65. The van der Waals surface area contributed by atoms with Crippen molar-refractivity contribution in [3.63, 3.8) is 0 Å². The molecule has 1 amide bonds. The number of hydrogen-bond donors (Lipinski definition) is 1. The molecule has 0 spiro atoms. The van der Waals surface area contributed by atoms with Crippen molar-refractivity contribution in [2.45, 2.75) is 33.2 Å². The van der Waals surface area contributed by atoms with E-state index < -0.39 is 0 Å². The van der Waals surface area contributed by atoms with E-state index in [0.29, 0.717) is 11.3 Å². The third kappa shape index (κ3) is 3.66. The smallest absolute Gasteiger partial charge is 0.255 e. The summed E-state index contributed by atoms with van der Waals surface area (Å²) in [5.74, 6) is 0.488. The molecule has 88 valence electrons. The molecule has 0 atom stereocenters. The first-order chi connectivity index (χ1) is 7.33. The van der Waals surface area contributed by atoms with E-state index in [1.807, 2.05) is 39.8 Å². The third-order valence-corrected chi connectivity index (χ3v) is 2.43. The van der Waals surface area contributed by atoms with Crippen LogP contribution in [0.2, 0.25) is 0 Å². The Morgan fingerprint density at radius 1 is 1.38 bits per heavy atom. The van der Waals surface area contributed by atoms with Crippen molar-refractivity contribution in [1.82, 2.24) is 5.32 Å². The van der Waals surface area contributed by atoms with Crippen LogP contribution in [-0.4, -0.2) is 11.4 Å². The van der Waals surface area contributed by atoms with Crippen molar-refractivity contribution in [2.75, 3.05) is 0 Å². The van der Waals surface area contributed by atoms with Crippen LogP contribution >= 0.6 is 23.0 Å². The van der Waals surface area contributed by atoms with Crippen LogP contribution in [0.1, 0.15) is 36.7 Å². The van der Waals surface area contributed by atoms with Gasteiger partial charge in [0.1, 0.15) is 5.75 Å². The Balaban J connectivity index is 2.99. The van der Waals surface area contributed by atoms with Crippen molar-refractivity contribution in [3.05, 3.63) is 29.3 Å². The largest absolute Gasteiger partial charge is 0.427 e. The Kier molecular flexibility index (Phi) is 4.18. The predicted molar refractivity (Wildman–Crippen MR) is 73.0 cm³/mol. The van der Waals surface area contributed by atoms with E-state index in [-0.39, 0.29) is 11.4 Å². The Morgan fingerprint density at radius 3 is 2.50 bits per heavy atom. The minimum atomic E-state index is -0.246. The molecule has 0 radical (unpaired) electrons. The van der Waals surface area contributed by atoms with Gasteiger partial charge in [-0.05, 0) is 45.4 Å². The molecule has 0 bridgehead atoms. The van der Waals surface area contributed by atoms with Crippen molar-refractivity contribution >= 4 is 28.9 Å². The lowest BCUT2D eigenvalue weighted by molar-refractivity contribution is 0.0918. The molecule has 4 heteroatoms. The van der Waals surface area contributed by atoms with Gasteiger partial charge in [0, 0.05) is 5.54 Å². The highest BCUT2D eigenvalue weighted by Crippen LogP contribution is 2.22. The second-order valence-electron chi connectivity index (χ2n) is 4.78. The number of amides is 1. The fourth-order valence-electron chi connectivity index (χ4n) is 1.29. The molecule has 0 heterocycles. The molecule has 1 N–H and O–H groups in total. The Bertz CT molecular complexity index is 396. The summed E-state index contributed by atoms with van der Waals surface area (Å²) in [4.78, 5) is 12.0. The first kappa shape index (κ1) is 13.3. The zero-order chi connectivity index (χ0) is 12.3. The van der Waals surface area contributed by atoms with Gasteiger partial charge < -0.3 is 8.38 Å². The number of nitrogens with one attached hydrogen (secondary N) is 1. The molecule has 16 heavy (non-hydrogen) atoms. The van der Waals surface area contributed by atoms with Crippen molar-refractivity contribution in [3.8, 4) is 5.75 Å². The number of benzene rings is 1. The van der Waals surface area contributed by atoms with E-state index in [1.54, 1.807) is 29.1 Å². The average molecular weight is 333 g/mol. The monoisotopic (exact) mass is 333 g/mol. The summed E-state index contributed by atoms with van der Waals surface area (Å²) < 4.78 is 5.17. The van der Waals surface area contributed by atoms with Gasteiger partial charge >= 0.3 is 0 Å². The summed E-state index contributed by atoms with van der Waals surface area (Å²) in [6.07, 6.45) is 0. The summed E-state index contributed by atoms with van der Waals surface area (Å²) >= 11 is 1.79. The van der Waals surface area contributed by atoms with Crippen LogP contribution < -0.4 is 8.38 Å². The number of halogens is 1. The van der Waals surface area contributed by atoms with Gasteiger partial charge in [0.15, 0.2) is 23.0 Å². The van der Waals surface area contributed by atoms with E-state index >= 15 is 0 Å². The van der Waals surface area contributed by atoms with Gasteiger partial charge in [-0.2, -0.15) is 0 Å². The molecular weight excluding hydrogens is 317 g/mol. The summed E-state index contributed by atoms with van der Waals surface area (Å²) in [5, 5.41) is 2.91. The van der Waals surface area contributed by atoms with Crippen molar-refractivity contribution in [1.29, 1.82) is 0 Å². The molecule has 0 fully saturated rings. The van der Waals surface area contributed by atoms with E-state index in [4.69, 9.17) is 3.07 Å². The summed E-state index contributed by atoms with van der Waals surface area (Å²) in [7, 11) is 0. The quantitative estimate of drug-likeness (QED) is 0.844. The van der Waals surface area contributed by atoms with E-state index in [0.717, 1.165) is 5.56 Å². The van der Waals surface area contributed by atoms with Gasteiger partial charge in [0.25, 0.3) is 5.91 Å². The summed E-state index contributed by atoms with van der Waals surface area (Å²) in [5.41, 5.74) is 1.39. The number of aryl methyl sites for hydroxylation is 1. The maximum atomic E-state index is 12.0. The van der Waals surface area contributed by atoms with Gasteiger partial charge in [-0.1, -0.05) is 6.07 Å². The fraction of sp³-hybridized carbons (Fsp3) is 0.417. The zero-order valence-corrected chi connectivity index (χ0v) is 12.1. The molecule has 0 saturated carbocycles. The van der Waals surface area contributed by atoms with E-state index in [2.05, 4.69) is 5.32 Å². The lowest BCUT2D eigenvalue weighted by Gasteiger charge is -2.21. The minimum absolute atomic E-state index is 0.112. The summed E-state index contributed by atoms with van der Waals surface area (Å²) in [6, 6.07) is 5.53. The second-order valence-corrected chi connectivity index (χ2v) is 5.22. The minimum Gasteiger partial charge on any atom is -0.427 e. The molecular formula is C12H16INO2. The lowest BCUT2D eigenvalue weighted by atomic mass is 10.1. The van der Waals surface area contributed by atoms with Crippen LogP contribution in [0.15, 0.2) is 18.2 Å². The highest BCUT2D eigenvalue weighted by Gasteiger charge is 2.18. The second kappa shape index (κ2) is 5.03. The predicted octanol–water partition coefficient (Wildman–Crippen LogP) is 3.25. The van der Waals surface area contributed by atoms with Crippen LogP contribution in [0, 0.1) is 6.92 Å². The Labute approximate surface area is 110 Å². The topological polar surface area (TPSA) is 38.3 Å². The van der Waals surface area contributed by atoms with Gasteiger partial charge in [-0.25, -0.2) is 0 Å². The Hall–Kier alpha value is -0.780. The zero-order valence-electron chi connectivity index (χ0n) is 9.93. The average Bonchev–Trinajstić information content (AvgIpc) is 2.14. The van der Waals surface area contributed by atoms with Gasteiger partial charge in [0.05, 0.1) is 5.56 Å². The SMILES string of the molecule is Cc1ccc(C(=O)NC(C)(C)C)c(OI)c1. The number of carbonyl (C=O) groups excluding carboxylic acids is 1. The van der Waals surface area contributed by atoms with Crippen LogP contribution in [0.5, 0.6) is 5.75 Å². The normalized spacial score (nSPS) is 11.1. The summed E-state index contributed by atoms with van der Waals surface area (Å²) in [6.45, 7) is 7.81. The van der Waals surface area contributed by atoms with Crippen LogP contribution in [-0.2, 0) is 0 Å². The maximum absolute atomic E-state index is 12.0. The molecule has 1 rings (SSSR count). The molecule has 1 aromatic carbocycles. The molecule has 0 aromatic heterocycles. The third-order valence-electron chi connectivity index (χ3n) is 1.95. The van der Waals surface area contributed by atoms with Gasteiger partial charge in [-0.3, -0.25) is 4.79 Å². The number of carbonyl (C=O) groups is 1. The van der Waals surface area contributed by atoms with Gasteiger partial charge in [-0.15, -0.1) is 0 Å². The standard InChI is InChI=1S/C12H16INO2/c1-8-5-6-9(10(7-8)16-13)11(15)14-12(2,3)4/h5-7H,1-4H3,(H,14,15).